The summed E-state index contributed by atoms with van der Waals surface area (Å²) in [6.45, 7) is 4.04. The first kappa shape index (κ1) is 12.9. The molecule has 0 aromatic carbocycles. The molecule has 5 heteroatoms. The predicted octanol–water partition coefficient (Wildman–Crippen LogP) is 2.96. The molecule has 0 amide bonds. The Morgan fingerprint density at radius 2 is 2.29 bits per heavy atom. The third kappa shape index (κ3) is 2.22. The number of hydrogen-bond acceptors (Lipinski definition) is 5. The average Bonchev–Trinajstić information content (AvgIpc) is 3.01. The van der Waals surface area contributed by atoms with Crippen molar-refractivity contribution in [2.75, 3.05) is 6.54 Å². The van der Waals surface area contributed by atoms with Crippen LogP contribution in [0.25, 0.3) is 21.6 Å². The normalized spacial score (nSPS) is 14.3. The van der Waals surface area contributed by atoms with Gasteiger partial charge in [0, 0.05) is 42.5 Å². The van der Waals surface area contributed by atoms with Gasteiger partial charge in [-0.15, -0.1) is 11.3 Å². The van der Waals surface area contributed by atoms with Crippen molar-refractivity contribution in [3.8, 4) is 11.4 Å². The first-order valence-electron chi connectivity index (χ1n) is 7.28. The van der Waals surface area contributed by atoms with E-state index in [4.69, 9.17) is 9.97 Å². The summed E-state index contributed by atoms with van der Waals surface area (Å²) in [5.74, 6) is 0.815. The van der Waals surface area contributed by atoms with Crippen molar-refractivity contribution < 1.29 is 0 Å². The monoisotopic (exact) mass is 296 g/mol. The molecule has 0 atom stereocenters. The van der Waals surface area contributed by atoms with Crippen LogP contribution in [0.15, 0.2) is 23.7 Å². The van der Waals surface area contributed by atoms with Gasteiger partial charge >= 0.3 is 0 Å². The third-order valence-electron chi connectivity index (χ3n) is 3.91. The van der Waals surface area contributed by atoms with Crippen molar-refractivity contribution in [3.05, 3.63) is 40.7 Å². The molecule has 0 aliphatic carbocycles. The van der Waals surface area contributed by atoms with Crippen LogP contribution in [0.3, 0.4) is 0 Å². The predicted molar refractivity (Wildman–Crippen MR) is 85.4 cm³/mol. The van der Waals surface area contributed by atoms with Gasteiger partial charge in [-0.2, -0.15) is 0 Å². The van der Waals surface area contributed by atoms with Crippen LogP contribution in [0.1, 0.15) is 23.9 Å². The summed E-state index contributed by atoms with van der Waals surface area (Å²) in [7, 11) is 0. The quantitative estimate of drug-likeness (QED) is 0.790. The second-order valence-electron chi connectivity index (χ2n) is 5.23. The molecule has 4 rings (SSSR count). The van der Waals surface area contributed by atoms with Crippen molar-refractivity contribution >= 4 is 21.6 Å². The van der Waals surface area contributed by atoms with Crippen LogP contribution in [0.4, 0.5) is 0 Å². The second-order valence-corrected chi connectivity index (χ2v) is 6.18. The Morgan fingerprint density at radius 1 is 1.33 bits per heavy atom. The fourth-order valence-corrected chi connectivity index (χ4v) is 3.58. The summed E-state index contributed by atoms with van der Waals surface area (Å²) < 4.78 is 1.19. The third-order valence-corrected chi connectivity index (χ3v) is 4.77. The van der Waals surface area contributed by atoms with Gasteiger partial charge in [0.05, 0.1) is 15.9 Å². The van der Waals surface area contributed by atoms with Crippen molar-refractivity contribution in [1.82, 2.24) is 20.3 Å². The Morgan fingerprint density at radius 3 is 3.19 bits per heavy atom. The number of nitrogens with one attached hydrogen (secondary N) is 1. The van der Waals surface area contributed by atoms with Crippen LogP contribution in [-0.2, 0) is 19.4 Å². The summed E-state index contributed by atoms with van der Waals surface area (Å²) in [4.78, 5) is 14.1. The van der Waals surface area contributed by atoms with Gasteiger partial charge in [0.25, 0.3) is 0 Å². The molecule has 0 saturated heterocycles. The first-order chi connectivity index (χ1) is 10.3. The zero-order chi connectivity index (χ0) is 14.2. The van der Waals surface area contributed by atoms with Gasteiger partial charge < -0.3 is 5.32 Å². The summed E-state index contributed by atoms with van der Waals surface area (Å²) in [5, 5.41) is 5.47. The fourth-order valence-electron chi connectivity index (χ4n) is 2.80. The van der Waals surface area contributed by atoms with E-state index >= 15 is 0 Å². The highest BCUT2D eigenvalue weighted by atomic mass is 32.1. The molecule has 3 aromatic heterocycles. The SMILES string of the molecule is CCc1nc(-c2cnc3ccsc3c2)nc2c1CNCC2. The highest BCUT2D eigenvalue weighted by molar-refractivity contribution is 7.17. The molecule has 1 aliphatic heterocycles. The molecule has 3 aromatic rings. The number of nitrogens with zero attached hydrogens (tertiary/aromatic N) is 3. The molecule has 4 heterocycles. The molecule has 0 saturated carbocycles. The number of aromatic nitrogens is 3. The van der Waals surface area contributed by atoms with Crippen LogP contribution in [0, 0.1) is 0 Å². The van der Waals surface area contributed by atoms with E-state index < -0.39 is 0 Å². The molecule has 4 nitrogen and oxygen atoms in total. The van der Waals surface area contributed by atoms with Gasteiger partial charge in [-0.25, -0.2) is 9.97 Å². The summed E-state index contributed by atoms with van der Waals surface area (Å²) in [6, 6.07) is 4.19. The van der Waals surface area contributed by atoms with Gasteiger partial charge in [0.15, 0.2) is 5.82 Å². The van der Waals surface area contributed by atoms with Crippen molar-refractivity contribution in [2.24, 2.45) is 0 Å². The van der Waals surface area contributed by atoms with E-state index in [1.165, 1.54) is 16.0 Å². The number of aryl methyl sites for hydroxylation is 1. The van der Waals surface area contributed by atoms with E-state index in [9.17, 15) is 0 Å². The zero-order valence-electron chi connectivity index (χ0n) is 11.9. The van der Waals surface area contributed by atoms with Crippen molar-refractivity contribution in [1.29, 1.82) is 0 Å². The maximum absolute atomic E-state index is 4.80. The minimum atomic E-state index is 0.815. The van der Waals surface area contributed by atoms with E-state index in [1.54, 1.807) is 11.3 Å². The van der Waals surface area contributed by atoms with E-state index in [1.807, 2.05) is 12.3 Å². The Kier molecular flexibility index (Phi) is 3.16. The van der Waals surface area contributed by atoms with Crippen LogP contribution in [-0.4, -0.2) is 21.5 Å². The molecule has 1 N–H and O–H groups in total. The molecular weight excluding hydrogens is 280 g/mol. The maximum Gasteiger partial charge on any atom is 0.161 e. The second kappa shape index (κ2) is 5.16. The van der Waals surface area contributed by atoms with E-state index in [2.05, 4.69) is 28.7 Å². The summed E-state index contributed by atoms with van der Waals surface area (Å²) in [5.41, 5.74) is 5.70. The topological polar surface area (TPSA) is 50.7 Å². The van der Waals surface area contributed by atoms with Crippen LogP contribution in [0.2, 0.25) is 0 Å². The molecule has 0 bridgehead atoms. The van der Waals surface area contributed by atoms with Gasteiger partial charge in [0.2, 0.25) is 0 Å². The Labute approximate surface area is 127 Å². The Balaban J connectivity index is 1.87. The van der Waals surface area contributed by atoms with Gasteiger partial charge in [-0.05, 0) is 23.9 Å². The van der Waals surface area contributed by atoms with Gasteiger partial charge in [0.1, 0.15) is 0 Å². The lowest BCUT2D eigenvalue weighted by molar-refractivity contribution is 0.618. The maximum atomic E-state index is 4.80. The van der Waals surface area contributed by atoms with Crippen LogP contribution >= 0.6 is 11.3 Å². The average molecular weight is 296 g/mol. The van der Waals surface area contributed by atoms with Crippen LogP contribution < -0.4 is 5.32 Å². The van der Waals surface area contributed by atoms with Crippen molar-refractivity contribution in [2.45, 2.75) is 26.3 Å². The smallest absolute Gasteiger partial charge is 0.161 e. The van der Waals surface area contributed by atoms with E-state index in [-0.39, 0.29) is 0 Å². The Hall–Kier alpha value is -1.85. The largest absolute Gasteiger partial charge is 0.312 e. The molecule has 0 spiro atoms. The molecule has 0 fully saturated rings. The first-order valence-corrected chi connectivity index (χ1v) is 8.16. The minimum absolute atomic E-state index is 0.815. The van der Waals surface area contributed by atoms with E-state index in [0.29, 0.717) is 0 Å². The standard InChI is InChI=1S/C16H16N4S/c1-2-12-11-9-17-5-3-13(11)20-16(19-12)10-7-15-14(18-8-10)4-6-21-15/h4,6-8,17H,2-3,5,9H2,1H3. The lowest BCUT2D eigenvalue weighted by Gasteiger charge is -2.19. The molecule has 106 valence electrons. The minimum Gasteiger partial charge on any atom is -0.312 e. The zero-order valence-corrected chi connectivity index (χ0v) is 12.7. The van der Waals surface area contributed by atoms with Gasteiger partial charge in [-0.3, -0.25) is 4.98 Å². The lowest BCUT2D eigenvalue weighted by Crippen LogP contribution is -2.26. The number of rotatable bonds is 2. The number of pyridine rings is 1. The van der Waals surface area contributed by atoms with E-state index in [0.717, 1.165) is 48.5 Å². The molecule has 0 unspecified atom stereocenters. The lowest BCUT2D eigenvalue weighted by atomic mass is 10.0. The molecular formula is C16H16N4S. The number of fused-ring (bicyclic) bond motifs is 2. The Bertz CT molecular complexity index is 792. The molecule has 21 heavy (non-hydrogen) atoms. The van der Waals surface area contributed by atoms with Gasteiger partial charge in [-0.1, -0.05) is 6.92 Å². The van der Waals surface area contributed by atoms with Crippen molar-refractivity contribution in [3.63, 3.8) is 0 Å². The highest BCUT2D eigenvalue weighted by Gasteiger charge is 2.17. The summed E-state index contributed by atoms with van der Waals surface area (Å²) >= 11 is 1.71. The number of hydrogen-bond donors (Lipinski definition) is 1. The number of thiophene rings is 1. The highest BCUT2D eigenvalue weighted by Crippen LogP contribution is 2.26. The molecule has 0 radical (unpaired) electrons. The van der Waals surface area contributed by atoms with Crippen LogP contribution in [0.5, 0.6) is 0 Å². The summed E-state index contributed by atoms with van der Waals surface area (Å²) in [6.07, 6.45) is 3.80. The molecule has 1 aliphatic rings. The fraction of sp³-hybridized carbons (Fsp3) is 0.312.